The van der Waals surface area contributed by atoms with Crippen molar-refractivity contribution in [3.8, 4) is 6.07 Å². The van der Waals surface area contributed by atoms with Gasteiger partial charge in [0.2, 0.25) is 0 Å². The first-order valence-corrected chi connectivity index (χ1v) is 9.52. The average molecular weight is 356 g/mol. The number of aromatic nitrogens is 1. The van der Waals surface area contributed by atoms with Crippen LogP contribution in [0.5, 0.6) is 0 Å². The summed E-state index contributed by atoms with van der Waals surface area (Å²) in [6.07, 6.45) is 2.03. The molecule has 7 nitrogen and oxygen atoms in total. The van der Waals surface area contributed by atoms with E-state index in [0.29, 0.717) is 29.1 Å². The maximum absolute atomic E-state index is 12.3. The molecule has 1 saturated heterocycles. The van der Waals surface area contributed by atoms with Gasteiger partial charge in [-0.3, -0.25) is 4.79 Å². The Balaban J connectivity index is 1.68. The van der Waals surface area contributed by atoms with Crippen LogP contribution in [0.1, 0.15) is 22.3 Å². The third kappa shape index (κ3) is 4.33. The molecule has 0 spiro atoms. The molecule has 1 fully saturated rings. The zero-order valence-corrected chi connectivity index (χ0v) is 14.1. The topological polar surface area (TPSA) is 112 Å². The molecule has 1 aliphatic heterocycles. The van der Waals surface area contributed by atoms with Gasteiger partial charge >= 0.3 is 0 Å². The van der Waals surface area contributed by atoms with E-state index in [4.69, 9.17) is 5.26 Å². The quantitative estimate of drug-likeness (QED) is 0.864. The standard InChI is InChI=1S/C17H16N4O3S/c18-10-12-1-3-14(4-2-12)21-17(22)13-5-7-19-16(9-13)20-15-6-8-25(23,24)11-15/h1-5,7,9,15H,6,8,11H2,(H,19,20)(H,21,22). The van der Waals surface area contributed by atoms with Crippen LogP contribution in [0, 0.1) is 11.3 Å². The van der Waals surface area contributed by atoms with Gasteiger partial charge in [-0.1, -0.05) is 0 Å². The highest BCUT2D eigenvalue weighted by Crippen LogP contribution is 2.17. The van der Waals surface area contributed by atoms with E-state index in [1.165, 1.54) is 6.20 Å². The van der Waals surface area contributed by atoms with Crippen molar-refractivity contribution in [3.05, 3.63) is 53.7 Å². The maximum Gasteiger partial charge on any atom is 0.255 e. The van der Waals surface area contributed by atoms with Gasteiger partial charge in [-0.25, -0.2) is 13.4 Å². The zero-order chi connectivity index (χ0) is 17.9. The molecule has 128 valence electrons. The molecule has 1 amide bonds. The number of benzene rings is 1. The second-order valence-electron chi connectivity index (χ2n) is 5.82. The maximum atomic E-state index is 12.3. The molecule has 1 atom stereocenters. The molecule has 1 aromatic heterocycles. The molecule has 2 N–H and O–H groups in total. The number of nitrogens with zero attached hydrogens (tertiary/aromatic N) is 2. The minimum Gasteiger partial charge on any atom is -0.366 e. The molecule has 1 aromatic carbocycles. The first-order chi connectivity index (χ1) is 11.9. The Kier molecular flexibility index (Phi) is 4.67. The number of sulfone groups is 1. The van der Waals surface area contributed by atoms with Gasteiger partial charge in [0.15, 0.2) is 9.84 Å². The molecule has 8 heteroatoms. The second kappa shape index (κ2) is 6.91. The van der Waals surface area contributed by atoms with Gasteiger partial charge in [0.05, 0.1) is 23.1 Å². The van der Waals surface area contributed by atoms with Crippen molar-refractivity contribution in [2.75, 3.05) is 22.1 Å². The highest BCUT2D eigenvalue weighted by molar-refractivity contribution is 7.91. The molecule has 3 rings (SSSR count). The SMILES string of the molecule is N#Cc1ccc(NC(=O)c2ccnc(NC3CCS(=O)(=O)C3)c2)cc1. The number of pyridine rings is 1. The van der Waals surface area contributed by atoms with Gasteiger partial charge in [-0.05, 0) is 42.8 Å². The molecule has 2 aromatic rings. The molecule has 0 bridgehead atoms. The van der Waals surface area contributed by atoms with Crippen molar-refractivity contribution in [2.24, 2.45) is 0 Å². The highest BCUT2D eigenvalue weighted by atomic mass is 32.2. The lowest BCUT2D eigenvalue weighted by atomic mass is 10.2. The predicted octanol–water partition coefficient (Wildman–Crippen LogP) is 1.80. The van der Waals surface area contributed by atoms with Crippen LogP contribution in [0.4, 0.5) is 11.5 Å². The Bertz CT molecular complexity index is 933. The molecule has 1 unspecified atom stereocenters. The van der Waals surface area contributed by atoms with E-state index in [1.807, 2.05) is 6.07 Å². The number of carbonyl (C=O) groups excluding carboxylic acids is 1. The van der Waals surface area contributed by atoms with E-state index in [0.717, 1.165) is 0 Å². The smallest absolute Gasteiger partial charge is 0.255 e. The average Bonchev–Trinajstić information content (AvgIpc) is 2.94. The Labute approximate surface area is 145 Å². The van der Waals surface area contributed by atoms with Gasteiger partial charge in [0.1, 0.15) is 5.82 Å². The van der Waals surface area contributed by atoms with Crippen molar-refractivity contribution >= 4 is 27.2 Å². The Morgan fingerprint density at radius 1 is 1.24 bits per heavy atom. The van der Waals surface area contributed by atoms with E-state index >= 15 is 0 Å². The number of anilines is 2. The van der Waals surface area contributed by atoms with Crippen LogP contribution >= 0.6 is 0 Å². The zero-order valence-electron chi connectivity index (χ0n) is 13.3. The minimum absolute atomic E-state index is 0.0797. The number of hydrogen-bond donors (Lipinski definition) is 2. The van der Waals surface area contributed by atoms with E-state index in [9.17, 15) is 13.2 Å². The molecule has 1 aliphatic rings. The summed E-state index contributed by atoms with van der Waals surface area (Å²) in [6, 6.07) is 11.5. The van der Waals surface area contributed by atoms with Crippen LogP contribution < -0.4 is 10.6 Å². The minimum atomic E-state index is -2.98. The van der Waals surface area contributed by atoms with Crippen LogP contribution in [0.15, 0.2) is 42.6 Å². The summed E-state index contributed by atoms with van der Waals surface area (Å²) >= 11 is 0. The summed E-state index contributed by atoms with van der Waals surface area (Å²) in [6.45, 7) is 0. The van der Waals surface area contributed by atoms with Gasteiger partial charge < -0.3 is 10.6 Å². The Hall–Kier alpha value is -2.92. The van der Waals surface area contributed by atoms with E-state index in [1.54, 1.807) is 36.4 Å². The summed E-state index contributed by atoms with van der Waals surface area (Å²) in [5.74, 6) is 0.406. The van der Waals surface area contributed by atoms with Crippen LogP contribution in [0.3, 0.4) is 0 Å². The van der Waals surface area contributed by atoms with Crippen molar-refractivity contribution < 1.29 is 13.2 Å². The molecular weight excluding hydrogens is 340 g/mol. The summed E-state index contributed by atoms with van der Waals surface area (Å²) < 4.78 is 23.0. The first-order valence-electron chi connectivity index (χ1n) is 7.70. The van der Waals surface area contributed by atoms with Crippen LogP contribution in [0.25, 0.3) is 0 Å². The molecule has 2 heterocycles. The predicted molar refractivity (Wildman–Crippen MR) is 94.0 cm³/mol. The van der Waals surface area contributed by atoms with Crippen LogP contribution in [-0.2, 0) is 9.84 Å². The van der Waals surface area contributed by atoms with E-state index in [2.05, 4.69) is 15.6 Å². The fourth-order valence-electron chi connectivity index (χ4n) is 2.60. The lowest BCUT2D eigenvalue weighted by molar-refractivity contribution is 0.102. The molecule has 25 heavy (non-hydrogen) atoms. The number of nitrogens with one attached hydrogen (secondary N) is 2. The van der Waals surface area contributed by atoms with E-state index in [-0.39, 0.29) is 23.5 Å². The summed E-state index contributed by atoms with van der Waals surface area (Å²) in [5, 5.41) is 14.6. The van der Waals surface area contributed by atoms with Gasteiger partial charge in [-0.2, -0.15) is 5.26 Å². The summed E-state index contributed by atoms with van der Waals surface area (Å²) in [5.41, 5.74) is 1.50. The van der Waals surface area contributed by atoms with Gasteiger partial charge in [-0.15, -0.1) is 0 Å². The third-order valence-corrected chi connectivity index (χ3v) is 5.65. The summed E-state index contributed by atoms with van der Waals surface area (Å²) in [4.78, 5) is 16.5. The Morgan fingerprint density at radius 2 is 2.00 bits per heavy atom. The fraction of sp³-hybridized carbons (Fsp3) is 0.235. The summed E-state index contributed by atoms with van der Waals surface area (Å²) in [7, 11) is -2.98. The Morgan fingerprint density at radius 3 is 2.64 bits per heavy atom. The van der Waals surface area contributed by atoms with Gasteiger partial charge in [0, 0.05) is 23.5 Å². The number of nitriles is 1. The van der Waals surface area contributed by atoms with Crippen LogP contribution in [0.2, 0.25) is 0 Å². The molecule has 0 saturated carbocycles. The normalized spacial score (nSPS) is 18.3. The fourth-order valence-corrected chi connectivity index (χ4v) is 4.27. The van der Waals surface area contributed by atoms with Crippen molar-refractivity contribution in [2.45, 2.75) is 12.5 Å². The highest BCUT2D eigenvalue weighted by Gasteiger charge is 2.28. The lowest BCUT2D eigenvalue weighted by Crippen LogP contribution is -2.21. The van der Waals surface area contributed by atoms with E-state index < -0.39 is 9.84 Å². The number of hydrogen-bond acceptors (Lipinski definition) is 6. The second-order valence-corrected chi connectivity index (χ2v) is 8.05. The molecule has 0 radical (unpaired) electrons. The largest absolute Gasteiger partial charge is 0.366 e. The lowest BCUT2D eigenvalue weighted by Gasteiger charge is -2.12. The van der Waals surface area contributed by atoms with Crippen molar-refractivity contribution in [1.29, 1.82) is 5.26 Å². The monoisotopic (exact) mass is 356 g/mol. The van der Waals surface area contributed by atoms with Crippen molar-refractivity contribution in [3.63, 3.8) is 0 Å². The molecular formula is C17H16N4O3S. The van der Waals surface area contributed by atoms with Gasteiger partial charge in [0.25, 0.3) is 5.91 Å². The van der Waals surface area contributed by atoms with Crippen LogP contribution in [-0.4, -0.2) is 36.9 Å². The molecule has 0 aliphatic carbocycles. The number of rotatable bonds is 4. The van der Waals surface area contributed by atoms with Crippen molar-refractivity contribution in [1.82, 2.24) is 4.98 Å². The number of amides is 1. The third-order valence-electron chi connectivity index (χ3n) is 3.88. The first kappa shape index (κ1) is 16.9. The number of carbonyl (C=O) groups is 1.